The lowest BCUT2D eigenvalue weighted by Crippen LogP contribution is -2.39. The Bertz CT molecular complexity index is 485. The molecule has 0 fully saturated rings. The van der Waals surface area contributed by atoms with Crippen LogP contribution in [0.15, 0.2) is 6.33 Å². The number of aryl methyl sites for hydroxylation is 1. The van der Waals surface area contributed by atoms with Crippen LogP contribution >= 0.6 is 0 Å². The van der Waals surface area contributed by atoms with Crippen molar-refractivity contribution < 1.29 is 19.5 Å². The summed E-state index contributed by atoms with van der Waals surface area (Å²) in [4.78, 5) is 33.0. The number of carboxylic acids is 1. The number of unbranched alkanes of at least 4 members (excludes halogenated alkanes) is 1. The van der Waals surface area contributed by atoms with E-state index in [-0.39, 0.29) is 19.4 Å². The summed E-state index contributed by atoms with van der Waals surface area (Å²) >= 11 is 0. The number of aliphatic carboxylic acids is 1. The molecule has 0 radical (unpaired) electrons. The maximum Gasteiger partial charge on any atom is 0.321 e. The summed E-state index contributed by atoms with van der Waals surface area (Å²) in [6.07, 6.45) is 2.47. The van der Waals surface area contributed by atoms with Crippen molar-refractivity contribution in [3.05, 3.63) is 12.2 Å². The molecule has 1 heterocycles. The van der Waals surface area contributed by atoms with Gasteiger partial charge in [0.15, 0.2) is 5.82 Å². The summed E-state index contributed by atoms with van der Waals surface area (Å²) in [6, 6.07) is -0.615. The van der Waals surface area contributed by atoms with Gasteiger partial charge in [0, 0.05) is 19.9 Å². The lowest BCUT2D eigenvalue weighted by Gasteiger charge is -2.06. The van der Waals surface area contributed by atoms with Gasteiger partial charge in [-0.2, -0.15) is 0 Å². The normalized spacial score (nSPS) is 10.1. The number of amides is 3. The quantitative estimate of drug-likeness (QED) is 0.594. The van der Waals surface area contributed by atoms with E-state index in [1.54, 1.807) is 11.6 Å². The largest absolute Gasteiger partial charge is 0.481 e. The number of carbonyl (C=O) groups is 3. The molecular weight excluding hydrogens is 266 g/mol. The first-order valence-corrected chi connectivity index (χ1v) is 6.11. The van der Waals surface area contributed by atoms with Gasteiger partial charge in [0.2, 0.25) is 5.91 Å². The Hall–Kier alpha value is -2.45. The second kappa shape index (κ2) is 7.87. The highest BCUT2D eigenvalue weighted by atomic mass is 16.4. The van der Waals surface area contributed by atoms with Gasteiger partial charge in [-0.3, -0.25) is 14.9 Å². The van der Waals surface area contributed by atoms with Crippen LogP contribution in [0, 0.1) is 0 Å². The summed E-state index contributed by atoms with van der Waals surface area (Å²) in [5.74, 6) is -0.772. The Morgan fingerprint density at radius 2 is 2.00 bits per heavy atom. The minimum absolute atomic E-state index is 0.0195. The van der Waals surface area contributed by atoms with Gasteiger partial charge in [-0.05, 0) is 12.8 Å². The molecule has 0 aromatic carbocycles. The fourth-order valence-corrected chi connectivity index (χ4v) is 1.42. The number of hydrogen-bond donors (Lipinski definition) is 3. The predicted molar refractivity (Wildman–Crippen MR) is 67.5 cm³/mol. The number of urea groups is 1. The second-order valence-corrected chi connectivity index (χ2v) is 4.19. The molecule has 1 aromatic heterocycles. The van der Waals surface area contributed by atoms with E-state index in [2.05, 4.69) is 20.8 Å². The highest BCUT2D eigenvalue weighted by Gasteiger charge is 2.09. The van der Waals surface area contributed by atoms with E-state index >= 15 is 0 Å². The average molecular weight is 283 g/mol. The van der Waals surface area contributed by atoms with Gasteiger partial charge in [0.25, 0.3) is 0 Å². The maximum atomic E-state index is 11.4. The van der Waals surface area contributed by atoms with Gasteiger partial charge in [0.1, 0.15) is 6.33 Å². The zero-order valence-corrected chi connectivity index (χ0v) is 11.1. The van der Waals surface area contributed by atoms with Crippen LogP contribution < -0.4 is 10.6 Å². The Balaban J connectivity index is 2.16. The smallest absolute Gasteiger partial charge is 0.321 e. The van der Waals surface area contributed by atoms with Crippen LogP contribution in [0.5, 0.6) is 0 Å². The molecule has 0 spiro atoms. The lowest BCUT2D eigenvalue weighted by atomic mass is 10.2. The molecule has 1 rings (SSSR count). The Kier molecular flexibility index (Phi) is 6.14. The summed E-state index contributed by atoms with van der Waals surface area (Å²) in [5, 5.41) is 20.5. The van der Waals surface area contributed by atoms with E-state index in [4.69, 9.17) is 5.11 Å². The Morgan fingerprint density at radius 3 is 2.60 bits per heavy atom. The molecule has 110 valence electrons. The van der Waals surface area contributed by atoms with E-state index in [1.165, 1.54) is 6.33 Å². The van der Waals surface area contributed by atoms with Gasteiger partial charge >= 0.3 is 12.0 Å². The molecule has 9 nitrogen and oxygen atoms in total. The van der Waals surface area contributed by atoms with Crippen molar-refractivity contribution in [2.24, 2.45) is 7.05 Å². The van der Waals surface area contributed by atoms with Crippen LogP contribution in [-0.4, -0.2) is 37.8 Å². The summed E-state index contributed by atoms with van der Waals surface area (Å²) < 4.78 is 1.65. The van der Waals surface area contributed by atoms with E-state index in [1.807, 2.05) is 0 Å². The standard InChI is InChI=1S/C11H17N5O4/c1-16-7-13-15-8(16)6-12-11(20)14-9(17)4-2-3-5-10(18)19/h7H,2-6H2,1H3,(H,18,19)(H2,12,14,17,20). The number of imide groups is 1. The first kappa shape index (κ1) is 15.6. The fraction of sp³-hybridized carbons (Fsp3) is 0.545. The number of nitrogens with zero attached hydrogens (tertiary/aromatic N) is 3. The third-order valence-corrected chi connectivity index (χ3v) is 2.51. The highest BCUT2D eigenvalue weighted by molar-refractivity contribution is 5.94. The first-order valence-electron chi connectivity index (χ1n) is 6.11. The van der Waals surface area contributed by atoms with Crippen molar-refractivity contribution in [2.45, 2.75) is 32.2 Å². The van der Waals surface area contributed by atoms with Gasteiger partial charge in [0.05, 0.1) is 6.54 Å². The average Bonchev–Trinajstić information content (AvgIpc) is 2.77. The van der Waals surface area contributed by atoms with Crippen LogP contribution in [0.1, 0.15) is 31.5 Å². The molecular formula is C11H17N5O4. The Morgan fingerprint density at radius 1 is 1.30 bits per heavy atom. The number of aromatic nitrogens is 3. The van der Waals surface area contributed by atoms with Gasteiger partial charge in [-0.25, -0.2) is 4.79 Å². The van der Waals surface area contributed by atoms with Crippen LogP contribution in [0.3, 0.4) is 0 Å². The molecule has 1 aromatic rings. The number of rotatable bonds is 7. The molecule has 0 aliphatic rings. The van der Waals surface area contributed by atoms with Gasteiger partial charge < -0.3 is 15.0 Å². The summed E-state index contributed by atoms with van der Waals surface area (Å²) in [5.41, 5.74) is 0. The molecule has 20 heavy (non-hydrogen) atoms. The minimum Gasteiger partial charge on any atom is -0.481 e. The van der Waals surface area contributed by atoms with Crippen LogP contribution in [0.4, 0.5) is 4.79 Å². The molecule has 0 atom stereocenters. The SMILES string of the molecule is Cn1cnnc1CNC(=O)NC(=O)CCCCC(=O)O. The number of hydrogen-bond acceptors (Lipinski definition) is 5. The molecule has 0 saturated carbocycles. The first-order chi connectivity index (χ1) is 9.49. The van der Waals surface area contributed by atoms with Gasteiger partial charge in [-0.15, -0.1) is 10.2 Å². The zero-order chi connectivity index (χ0) is 15.0. The zero-order valence-electron chi connectivity index (χ0n) is 11.1. The monoisotopic (exact) mass is 283 g/mol. The van der Waals surface area contributed by atoms with E-state index in [0.29, 0.717) is 18.7 Å². The molecule has 0 aliphatic heterocycles. The van der Waals surface area contributed by atoms with Crippen molar-refractivity contribution >= 4 is 17.9 Å². The molecule has 3 N–H and O–H groups in total. The van der Waals surface area contributed by atoms with Crippen molar-refractivity contribution in [3.63, 3.8) is 0 Å². The highest BCUT2D eigenvalue weighted by Crippen LogP contribution is 1.99. The summed E-state index contributed by atoms with van der Waals surface area (Å²) in [7, 11) is 1.74. The van der Waals surface area contributed by atoms with E-state index in [0.717, 1.165) is 0 Å². The second-order valence-electron chi connectivity index (χ2n) is 4.19. The minimum atomic E-state index is -0.896. The van der Waals surface area contributed by atoms with E-state index < -0.39 is 17.9 Å². The lowest BCUT2D eigenvalue weighted by molar-refractivity contribution is -0.137. The summed E-state index contributed by atoms with van der Waals surface area (Å²) in [6.45, 7) is 0.161. The van der Waals surface area contributed by atoms with Crippen LogP contribution in [0.25, 0.3) is 0 Å². The third-order valence-electron chi connectivity index (χ3n) is 2.51. The Labute approximate surface area is 115 Å². The van der Waals surface area contributed by atoms with Crippen molar-refractivity contribution in [2.75, 3.05) is 0 Å². The topological polar surface area (TPSA) is 126 Å². The molecule has 3 amide bonds. The number of nitrogens with one attached hydrogen (secondary N) is 2. The number of carboxylic acid groups (broad SMARTS) is 1. The fourth-order valence-electron chi connectivity index (χ4n) is 1.42. The molecule has 0 bridgehead atoms. The van der Waals surface area contributed by atoms with Crippen molar-refractivity contribution in [1.82, 2.24) is 25.4 Å². The molecule has 0 aliphatic carbocycles. The number of carbonyl (C=O) groups excluding carboxylic acids is 2. The molecule has 0 saturated heterocycles. The van der Waals surface area contributed by atoms with Crippen LogP contribution in [-0.2, 0) is 23.2 Å². The predicted octanol–water partition coefficient (Wildman–Crippen LogP) is -0.214. The van der Waals surface area contributed by atoms with Crippen LogP contribution in [0.2, 0.25) is 0 Å². The van der Waals surface area contributed by atoms with Gasteiger partial charge in [-0.1, -0.05) is 0 Å². The maximum absolute atomic E-state index is 11.4. The third kappa shape index (κ3) is 5.94. The molecule has 0 unspecified atom stereocenters. The molecule has 9 heteroatoms. The van der Waals surface area contributed by atoms with Crippen molar-refractivity contribution in [3.8, 4) is 0 Å². The van der Waals surface area contributed by atoms with Crippen molar-refractivity contribution in [1.29, 1.82) is 0 Å². The van der Waals surface area contributed by atoms with E-state index in [9.17, 15) is 14.4 Å².